The highest BCUT2D eigenvalue weighted by Crippen LogP contribution is 2.44. The van der Waals surface area contributed by atoms with E-state index in [0.717, 1.165) is 12.3 Å². The highest BCUT2D eigenvalue weighted by molar-refractivity contribution is 5.67. The van der Waals surface area contributed by atoms with Crippen LogP contribution in [-0.2, 0) is 4.74 Å². The van der Waals surface area contributed by atoms with E-state index in [1.165, 1.54) is 25.7 Å². The second-order valence-electron chi connectivity index (χ2n) is 5.61. The molecule has 17 heavy (non-hydrogen) atoms. The maximum Gasteiger partial charge on any atom is 0.407 e. The lowest BCUT2D eigenvalue weighted by atomic mass is 10.2. The van der Waals surface area contributed by atoms with Gasteiger partial charge < -0.3 is 10.1 Å². The summed E-state index contributed by atoms with van der Waals surface area (Å²) < 4.78 is 5.19. The maximum atomic E-state index is 11.4. The molecule has 1 unspecified atom stereocenters. The van der Waals surface area contributed by atoms with Crippen molar-refractivity contribution in [1.82, 2.24) is 5.32 Å². The summed E-state index contributed by atoms with van der Waals surface area (Å²) in [4.78, 5) is 11.4. The lowest BCUT2D eigenvalue weighted by molar-refractivity contribution is 0.121. The summed E-state index contributed by atoms with van der Waals surface area (Å²) in [6.45, 7) is 8.79. The Morgan fingerprint density at radius 1 is 1.41 bits per heavy atom. The van der Waals surface area contributed by atoms with Gasteiger partial charge in [-0.05, 0) is 32.1 Å². The lowest BCUT2D eigenvalue weighted by Gasteiger charge is -2.15. The van der Waals surface area contributed by atoms with Gasteiger partial charge in [-0.25, -0.2) is 4.79 Å². The topological polar surface area (TPSA) is 38.3 Å². The summed E-state index contributed by atoms with van der Waals surface area (Å²) in [7, 11) is 0. The van der Waals surface area contributed by atoms with Crippen LogP contribution in [0.3, 0.4) is 0 Å². The first kappa shape index (κ1) is 14.3. The van der Waals surface area contributed by atoms with Crippen LogP contribution in [0.15, 0.2) is 0 Å². The molecule has 1 N–H and O–H groups in total. The van der Waals surface area contributed by atoms with E-state index in [0.29, 0.717) is 6.61 Å². The van der Waals surface area contributed by atoms with Crippen molar-refractivity contribution in [2.24, 2.45) is 11.3 Å². The van der Waals surface area contributed by atoms with E-state index in [1.807, 2.05) is 13.8 Å². The number of carbonyl (C=O) groups is 1. The molecule has 0 bridgehead atoms. The Labute approximate surface area is 105 Å². The van der Waals surface area contributed by atoms with Gasteiger partial charge in [-0.3, -0.25) is 0 Å². The standard InChI is InChI=1S/C12H21NO2.C2H6/c1-9(7-10-3-4-10)13-11(14)15-8-12(2)5-6-12;1-2/h9-10H,3-8H2,1-2H3,(H,13,14);1-2H3. The largest absolute Gasteiger partial charge is 0.449 e. The molecule has 2 fully saturated rings. The number of hydrogen-bond donors (Lipinski definition) is 1. The quantitative estimate of drug-likeness (QED) is 0.796. The average molecular weight is 241 g/mol. The first-order valence-corrected chi connectivity index (χ1v) is 7.01. The van der Waals surface area contributed by atoms with Crippen molar-refractivity contribution in [3.63, 3.8) is 0 Å². The van der Waals surface area contributed by atoms with E-state index in [-0.39, 0.29) is 17.6 Å². The molecule has 0 aromatic carbocycles. The van der Waals surface area contributed by atoms with Gasteiger partial charge in [0.25, 0.3) is 0 Å². The van der Waals surface area contributed by atoms with Gasteiger partial charge in [0.05, 0.1) is 6.61 Å². The number of rotatable bonds is 5. The van der Waals surface area contributed by atoms with E-state index >= 15 is 0 Å². The molecular formula is C14H27NO2. The number of ether oxygens (including phenoxy) is 1. The zero-order chi connectivity index (χ0) is 12.9. The first-order valence-electron chi connectivity index (χ1n) is 7.01. The smallest absolute Gasteiger partial charge is 0.407 e. The second-order valence-corrected chi connectivity index (χ2v) is 5.61. The monoisotopic (exact) mass is 241 g/mol. The van der Waals surface area contributed by atoms with E-state index in [4.69, 9.17) is 4.74 Å². The first-order chi connectivity index (χ1) is 8.07. The Bertz CT molecular complexity index is 245. The van der Waals surface area contributed by atoms with Crippen LogP contribution in [0.5, 0.6) is 0 Å². The molecular weight excluding hydrogens is 214 g/mol. The van der Waals surface area contributed by atoms with Crippen LogP contribution in [0.25, 0.3) is 0 Å². The third-order valence-electron chi connectivity index (χ3n) is 3.40. The van der Waals surface area contributed by atoms with Gasteiger partial charge in [-0.15, -0.1) is 0 Å². The van der Waals surface area contributed by atoms with Crippen LogP contribution in [0.1, 0.15) is 59.8 Å². The minimum Gasteiger partial charge on any atom is -0.449 e. The summed E-state index contributed by atoms with van der Waals surface area (Å²) in [6.07, 6.45) is 5.91. The van der Waals surface area contributed by atoms with E-state index < -0.39 is 0 Å². The Hall–Kier alpha value is -0.730. The zero-order valence-electron chi connectivity index (χ0n) is 11.7. The third-order valence-corrected chi connectivity index (χ3v) is 3.40. The van der Waals surface area contributed by atoms with Crippen molar-refractivity contribution in [3.05, 3.63) is 0 Å². The van der Waals surface area contributed by atoms with Crippen LogP contribution in [-0.4, -0.2) is 18.7 Å². The highest BCUT2D eigenvalue weighted by atomic mass is 16.5. The van der Waals surface area contributed by atoms with Crippen LogP contribution < -0.4 is 5.32 Å². The van der Waals surface area contributed by atoms with Gasteiger partial charge in [-0.1, -0.05) is 33.6 Å². The number of nitrogens with one attached hydrogen (secondary N) is 1. The molecule has 2 rings (SSSR count). The van der Waals surface area contributed by atoms with Crippen molar-refractivity contribution in [2.45, 2.75) is 65.8 Å². The predicted octanol–water partition coefficient (Wildman–Crippen LogP) is 3.73. The second kappa shape index (κ2) is 6.27. The Kier molecular flexibility index (Phi) is 5.29. The van der Waals surface area contributed by atoms with E-state index in [2.05, 4.69) is 19.2 Å². The van der Waals surface area contributed by atoms with Gasteiger partial charge >= 0.3 is 6.09 Å². The molecule has 0 spiro atoms. The van der Waals surface area contributed by atoms with Crippen molar-refractivity contribution in [1.29, 1.82) is 0 Å². The van der Waals surface area contributed by atoms with Crippen molar-refractivity contribution >= 4 is 6.09 Å². The molecule has 2 aliphatic rings. The molecule has 3 nitrogen and oxygen atoms in total. The highest BCUT2D eigenvalue weighted by Gasteiger charge is 2.38. The maximum absolute atomic E-state index is 11.4. The van der Waals surface area contributed by atoms with Gasteiger partial charge in [0.15, 0.2) is 0 Å². The van der Waals surface area contributed by atoms with Crippen LogP contribution in [0.2, 0.25) is 0 Å². The van der Waals surface area contributed by atoms with Crippen LogP contribution in [0.4, 0.5) is 4.79 Å². The van der Waals surface area contributed by atoms with E-state index in [1.54, 1.807) is 0 Å². The Morgan fingerprint density at radius 3 is 2.47 bits per heavy atom. The fraction of sp³-hybridized carbons (Fsp3) is 0.929. The molecule has 0 aromatic rings. The summed E-state index contributed by atoms with van der Waals surface area (Å²) >= 11 is 0. The fourth-order valence-corrected chi connectivity index (χ4v) is 1.75. The van der Waals surface area contributed by atoms with Crippen LogP contribution in [0, 0.1) is 11.3 Å². The summed E-state index contributed by atoms with van der Waals surface area (Å²) in [5, 5.41) is 2.89. The third kappa shape index (κ3) is 5.94. The van der Waals surface area contributed by atoms with Crippen molar-refractivity contribution in [2.75, 3.05) is 6.61 Å². The minimum absolute atomic E-state index is 0.240. The van der Waals surface area contributed by atoms with Crippen molar-refractivity contribution < 1.29 is 9.53 Å². The molecule has 0 aliphatic heterocycles. The molecule has 2 saturated carbocycles. The number of amides is 1. The van der Waals surface area contributed by atoms with Gasteiger partial charge in [0, 0.05) is 11.5 Å². The van der Waals surface area contributed by atoms with E-state index in [9.17, 15) is 4.79 Å². The minimum atomic E-state index is -0.240. The molecule has 1 atom stereocenters. The molecule has 2 aliphatic carbocycles. The van der Waals surface area contributed by atoms with Crippen molar-refractivity contribution in [3.8, 4) is 0 Å². The molecule has 0 heterocycles. The molecule has 100 valence electrons. The molecule has 1 amide bonds. The summed E-state index contributed by atoms with van der Waals surface area (Å²) in [6, 6.07) is 0.261. The summed E-state index contributed by atoms with van der Waals surface area (Å²) in [5.74, 6) is 0.848. The normalized spacial score (nSPS) is 21.9. The summed E-state index contributed by atoms with van der Waals surface area (Å²) in [5.41, 5.74) is 0.289. The zero-order valence-corrected chi connectivity index (χ0v) is 11.7. The molecule has 0 radical (unpaired) electrons. The lowest BCUT2D eigenvalue weighted by Crippen LogP contribution is -2.34. The number of carbonyl (C=O) groups excluding carboxylic acids is 1. The molecule has 3 heteroatoms. The molecule has 0 saturated heterocycles. The Morgan fingerprint density at radius 2 is 2.00 bits per heavy atom. The predicted molar refractivity (Wildman–Crippen MR) is 70.0 cm³/mol. The number of hydrogen-bond acceptors (Lipinski definition) is 2. The van der Waals surface area contributed by atoms with Gasteiger partial charge in [0.1, 0.15) is 0 Å². The number of alkyl carbamates (subject to hydrolysis) is 1. The van der Waals surface area contributed by atoms with Gasteiger partial charge in [0.2, 0.25) is 0 Å². The van der Waals surface area contributed by atoms with Gasteiger partial charge in [-0.2, -0.15) is 0 Å². The fourth-order valence-electron chi connectivity index (χ4n) is 1.75. The SMILES string of the molecule is CC.CC(CC1CC1)NC(=O)OCC1(C)CC1. The van der Waals surface area contributed by atoms with Crippen LogP contribution >= 0.6 is 0 Å². The average Bonchev–Trinajstić information content (AvgIpc) is 3.19. The Balaban J connectivity index is 0.000000686. The molecule has 0 aromatic heterocycles.